The number of benzene rings is 1. The zero-order valence-corrected chi connectivity index (χ0v) is 14.8. The lowest BCUT2D eigenvalue weighted by Crippen LogP contribution is -2.12. The van der Waals surface area contributed by atoms with E-state index in [0.717, 1.165) is 17.0 Å². The number of sulfonamides is 1. The number of para-hydroxylation sites is 2. The van der Waals surface area contributed by atoms with Gasteiger partial charge in [0.25, 0.3) is 10.0 Å². The lowest BCUT2D eigenvalue weighted by Gasteiger charge is -2.11. The molecule has 0 spiro atoms. The second-order valence-electron chi connectivity index (χ2n) is 4.99. The third kappa shape index (κ3) is 3.44. The number of ether oxygens (including phenoxy) is 1. The smallest absolute Gasteiger partial charge is 0.271 e. The quantitative estimate of drug-likeness (QED) is 0.717. The first kappa shape index (κ1) is 16.5. The van der Waals surface area contributed by atoms with Gasteiger partial charge in [-0.3, -0.25) is 4.72 Å². The van der Waals surface area contributed by atoms with Crippen molar-refractivity contribution in [3.05, 3.63) is 48.2 Å². The van der Waals surface area contributed by atoms with Gasteiger partial charge < -0.3 is 9.26 Å². The van der Waals surface area contributed by atoms with Crippen molar-refractivity contribution in [1.82, 2.24) is 5.16 Å². The molecule has 0 saturated heterocycles. The van der Waals surface area contributed by atoms with Crippen LogP contribution in [-0.2, 0) is 10.0 Å². The summed E-state index contributed by atoms with van der Waals surface area (Å²) in [5.41, 5.74) is 1.15. The molecule has 0 aliphatic rings. The van der Waals surface area contributed by atoms with Crippen LogP contribution < -0.4 is 9.46 Å². The Bertz CT molecular complexity index is 944. The molecule has 0 bridgehead atoms. The predicted molar refractivity (Wildman–Crippen MR) is 93.0 cm³/mol. The molecule has 0 amide bonds. The molecule has 2 aromatic heterocycles. The summed E-state index contributed by atoms with van der Waals surface area (Å²) in [6.07, 6.45) is 0. The van der Waals surface area contributed by atoms with E-state index >= 15 is 0 Å². The Hall–Kier alpha value is -2.32. The first-order valence-electron chi connectivity index (χ1n) is 7.28. The highest BCUT2D eigenvalue weighted by Crippen LogP contribution is 2.33. The van der Waals surface area contributed by atoms with E-state index in [0.29, 0.717) is 28.7 Å². The second-order valence-corrected chi connectivity index (χ2v) is 7.98. The summed E-state index contributed by atoms with van der Waals surface area (Å²) in [5, 5.41) is 3.81. The van der Waals surface area contributed by atoms with Gasteiger partial charge in [0, 0.05) is 6.07 Å². The van der Waals surface area contributed by atoms with Gasteiger partial charge in [-0.2, -0.15) is 0 Å². The zero-order valence-electron chi connectivity index (χ0n) is 13.1. The highest BCUT2D eigenvalue weighted by atomic mass is 32.2. The van der Waals surface area contributed by atoms with Gasteiger partial charge in [0.1, 0.15) is 9.96 Å². The number of hydrogen-bond donors (Lipinski definition) is 1. The molecule has 24 heavy (non-hydrogen) atoms. The molecule has 2 heterocycles. The Morgan fingerprint density at radius 2 is 2.04 bits per heavy atom. The van der Waals surface area contributed by atoms with E-state index in [9.17, 15) is 8.42 Å². The first-order valence-corrected chi connectivity index (χ1v) is 9.58. The molecule has 0 unspecified atom stereocenters. The van der Waals surface area contributed by atoms with E-state index < -0.39 is 10.0 Å². The van der Waals surface area contributed by atoms with E-state index in [4.69, 9.17) is 9.26 Å². The normalized spacial score (nSPS) is 11.4. The number of aromatic nitrogens is 1. The lowest BCUT2D eigenvalue weighted by atomic mass is 10.3. The molecule has 1 N–H and O–H groups in total. The Morgan fingerprint density at radius 3 is 2.75 bits per heavy atom. The molecule has 8 heteroatoms. The highest BCUT2D eigenvalue weighted by Gasteiger charge is 2.20. The van der Waals surface area contributed by atoms with Crippen molar-refractivity contribution in [1.29, 1.82) is 0 Å². The van der Waals surface area contributed by atoms with Crippen molar-refractivity contribution in [2.24, 2.45) is 0 Å². The number of anilines is 1. The molecule has 0 saturated carbocycles. The third-order valence-corrected chi connectivity index (χ3v) is 6.11. The van der Waals surface area contributed by atoms with Crippen LogP contribution in [0.5, 0.6) is 5.75 Å². The van der Waals surface area contributed by atoms with Crippen molar-refractivity contribution in [2.75, 3.05) is 11.3 Å². The van der Waals surface area contributed by atoms with Crippen LogP contribution in [0.1, 0.15) is 12.6 Å². The van der Waals surface area contributed by atoms with Gasteiger partial charge in [0.2, 0.25) is 0 Å². The second kappa shape index (κ2) is 6.66. The molecule has 0 aliphatic carbocycles. The molecule has 3 aromatic rings. The Balaban J connectivity index is 1.88. The topological polar surface area (TPSA) is 81.4 Å². The summed E-state index contributed by atoms with van der Waals surface area (Å²) in [4.78, 5) is 0.703. The SMILES string of the molecule is CCOc1ccccc1NS(=O)(=O)c1ccc(-c2cc(C)no2)s1. The first-order chi connectivity index (χ1) is 11.5. The molecule has 0 radical (unpaired) electrons. The number of hydrogen-bond acceptors (Lipinski definition) is 6. The summed E-state index contributed by atoms with van der Waals surface area (Å²) in [6, 6.07) is 11.9. The summed E-state index contributed by atoms with van der Waals surface area (Å²) >= 11 is 1.12. The minimum atomic E-state index is -3.71. The monoisotopic (exact) mass is 364 g/mol. The highest BCUT2D eigenvalue weighted by molar-refractivity contribution is 7.94. The molecule has 0 aliphatic heterocycles. The molecule has 3 rings (SSSR count). The van der Waals surface area contributed by atoms with Gasteiger partial charge in [-0.25, -0.2) is 8.42 Å². The van der Waals surface area contributed by atoms with Gasteiger partial charge in [0.05, 0.1) is 22.9 Å². The van der Waals surface area contributed by atoms with Crippen LogP contribution in [-0.4, -0.2) is 20.2 Å². The van der Waals surface area contributed by atoms with Crippen LogP contribution in [0, 0.1) is 6.92 Å². The number of nitrogens with zero attached hydrogens (tertiary/aromatic N) is 1. The summed E-state index contributed by atoms with van der Waals surface area (Å²) < 4.78 is 38.6. The van der Waals surface area contributed by atoms with Crippen molar-refractivity contribution < 1.29 is 17.7 Å². The average Bonchev–Trinajstić information content (AvgIpc) is 3.18. The van der Waals surface area contributed by atoms with Crippen LogP contribution >= 0.6 is 11.3 Å². The van der Waals surface area contributed by atoms with Crippen LogP contribution in [0.2, 0.25) is 0 Å². The van der Waals surface area contributed by atoms with Gasteiger partial charge >= 0.3 is 0 Å². The molecule has 126 valence electrons. The predicted octanol–water partition coefficient (Wildman–Crippen LogP) is 3.91. The zero-order chi connectivity index (χ0) is 17.2. The summed E-state index contributed by atoms with van der Waals surface area (Å²) in [5.74, 6) is 1.04. The summed E-state index contributed by atoms with van der Waals surface area (Å²) in [7, 11) is -3.71. The number of thiophene rings is 1. The minimum Gasteiger partial charge on any atom is -0.492 e. The fourth-order valence-corrected chi connectivity index (χ4v) is 4.43. The maximum absolute atomic E-state index is 12.6. The number of nitrogens with one attached hydrogen (secondary N) is 1. The van der Waals surface area contributed by atoms with E-state index in [1.165, 1.54) is 0 Å². The van der Waals surface area contributed by atoms with Gasteiger partial charge in [0.15, 0.2) is 5.76 Å². The lowest BCUT2D eigenvalue weighted by molar-refractivity contribution is 0.342. The Morgan fingerprint density at radius 1 is 1.25 bits per heavy atom. The fourth-order valence-electron chi connectivity index (χ4n) is 2.10. The van der Waals surface area contributed by atoms with Crippen molar-refractivity contribution in [3.8, 4) is 16.4 Å². The standard InChI is InChI=1S/C16H16N2O4S2/c1-3-21-13-7-5-4-6-12(13)18-24(19,20)16-9-8-15(23-16)14-10-11(2)17-22-14/h4-10,18H,3H2,1-2H3. The third-order valence-electron chi connectivity index (χ3n) is 3.15. The maximum atomic E-state index is 12.6. The van der Waals surface area contributed by atoms with E-state index in [-0.39, 0.29) is 4.21 Å². The van der Waals surface area contributed by atoms with Crippen molar-refractivity contribution in [3.63, 3.8) is 0 Å². The van der Waals surface area contributed by atoms with E-state index in [2.05, 4.69) is 9.88 Å². The van der Waals surface area contributed by atoms with E-state index in [1.54, 1.807) is 42.5 Å². The van der Waals surface area contributed by atoms with Crippen molar-refractivity contribution in [2.45, 2.75) is 18.1 Å². The average molecular weight is 364 g/mol. The van der Waals surface area contributed by atoms with Gasteiger partial charge in [-0.15, -0.1) is 11.3 Å². The molecular weight excluding hydrogens is 348 g/mol. The van der Waals surface area contributed by atoms with Crippen LogP contribution in [0.25, 0.3) is 10.6 Å². The largest absolute Gasteiger partial charge is 0.492 e. The fraction of sp³-hybridized carbons (Fsp3) is 0.188. The summed E-state index contributed by atoms with van der Waals surface area (Å²) in [6.45, 7) is 4.10. The van der Waals surface area contributed by atoms with Crippen LogP contribution in [0.15, 0.2) is 51.2 Å². The van der Waals surface area contributed by atoms with Crippen LogP contribution in [0.3, 0.4) is 0 Å². The number of rotatable bonds is 6. The van der Waals surface area contributed by atoms with Gasteiger partial charge in [-0.05, 0) is 38.1 Å². The molecular formula is C16H16N2O4S2. The molecule has 1 aromatic carbocycles. The van der Waals surface area contributed by atoms with E-state index in [1.807, 2.05) is 13.8 Å². The molecule has 0 fully saturated rings. The van der Waals surface area contributed by atoms with Gasteiger partial charge in [-0.1, -0.05) is 17.3 Å². The van der Waals surface area contributed by atoms with Crippen molar-refractivity contribution >= 4 is 27.0 Å². The molecule has 6 nitrogen and oxygen atoms in total. The number of aryl methyl sites for hydroxylation is 1. The maximum Gasteiger partial charge on any atom is 0.271 e. The Labute approximate surface area is 144 Å². The minimum absolute atomic E-state index is 0.192. The Kier molecular flexibility index (Phi) is 4.59. The van der Waals surface area contributed by atoms with Crippen LogP contribution in [0.4, 0.5) is 5.69 Å². The molecule has 0 atom stereocenters.